The van der Waals surface area contributed by atoms with Crippen LogP contribution in [0.15, 0.2) is 12.3 Å². The summed E-state index contributed by atoms with van der Waals surface area (Å²) >= 11 is 6.31. The second-order valence-corrected chi connectivity index (χ2v) is 6.92. The van der Waals surface area contributed by atoms with Gasteiger partial charge in [-0.1, -0.05) is 19.5 Å². The molecule has 0 aliphatic carbocycles. The molecule has 0 aliphatic heterocycles. The highest BCUT2D eigenvalue weighted by Gasteiger charge is 2.31. The summed E-state index contributed by atoms with van der Waals surface area (Å²) in [5.74, 6) is 0. The fraction of sp³-hybridized carbons (Fsp3) is 0.714. The van der Waals surface area contributed by atoms with Crippen molar-refractivity contribution in [1.82, 2.24) is 9.55 Å². The second-order valence-electron chi connectivity index (χ2n) is 2.30. The Morgan fingerprint density at radius 1 is 1.55 bits per heavy atom. The summed E-state index contributed by atoms with van der Waals surface area (Å²) in [6, 6.07) is 0. The van der Waals surface area contributed by atoms with Gasteiger partial charge in [-0.2, -0.15) is 0 Å². The van der Waals surface area contributed by atoms with Crippen LogP contribution in [0.4, 0.5) is 0 Å². The lowest BCUT2D eigenvalue weighted by Crippen LogP contribution is -2.57. The molecule has 0 aliphatic rings. The molecule has 0 aromatic carbocycles. The van der Waals surface area contributed by atoms with Gasteiger partial charge in [0, 0.05) is 0 Å². The predicted octanol–water partition coefficient (Wildman–Crippen LogP) is 1.45. The summed E-state index contributed by atoms with van der Waals surface area (Å²) in [5, 5.41) is 0. The lowest BCUT2D eigenvalue weighted by Gasteiger charge is -2.31. The molecule has 0 saturated heterocycles. The minimum absolute atomic E-state index is 0.971. The van der Waals surface area contributed by atoms with E-state index in [1.807, 2.05) is 12.7 Å². The number of halogens is 1. The highest BCUT2D eigenvalue weighted by atomic mass is 35.6. The number of rotatable bonds is 5. The van der Waals surface area contributed by atoms with Gasteiger partial charge in [-0.15, -0.1) is 17.7 Å². The van der Waals surface area contributed by atoms with Gasteiger partial charge in [0.1, 0.15) is 0 Å². The summed E-state index contributed by atoms with van der Waals surface area (Å²) in [7, 11) is -0.119. The Kier molecular flexibility index (Phi) is 5.00. The maximum absolute atomic E-state index is 6.31. The Balaban J connectivity index is 4.31. The third kappa shape index (κ3) is 2.59. The van der Waals surface area contributed by atoms with Crippen molar-refractivity contribution in [2.75, 3.05) is 20.1 Å². The third-order valence-electron chi connectivity index (χ3n) is 1.84. The standard InChI is InChI=1S/C7H17ClN2Si/c1-5-10(6-2)11(8,7-3)9-4/h7,9H,3,5-6H2,1-2,4H3. The zero-order valence-electron chi connectivity index (χ0n) is 7.52. The first kappa shape index (κ1) is 11.2. The van der Waals surface area contributed by atoms with Gasteiger partial charge in [-0.3, -0.25) is 4.57 Å². The van der Waals surface area contributed by atoms with Crippen LogP contribution in [0.5, 0.6) is 0 Å². The van der Waals surface area contributed by atoms with Crippen LogP contribution in [0.2, 0.25) is 0 Å². The van der Waals surface area contributed by atoms with Crippen molar-refractivity contribution in [1.29, 1.82) is 0 Å². The Morgan fingerprint density at radius 2 is 2.00 bits per heavy atom. The van der Waals surface area contributed by atoms with Crippen LogP contribution in [0.25, 0.3) is 0 Å². The van der Waals surface area contributed by atoms with E-state index in [0.29, 0.717) is 0 Å². The fourth-order valence-electron chi connectivity index (χ4n) is 1.07. The van der Waals surface area contributed by atoms with Crippen LogP contribution in [0, 0.1) is 0 Å². The number of nitrogens with zero attached hydrogens (tertiary/aromatic N) is 1. The van der Waals surface area contributed by atoms with E-state index in [1.165, 1.54) is 0 Å². The summed E-state index contributed by atoms with van der Waals surface area (Å²) in [6.07, 6.45) is 0. The molecule has 1 N–H and O–H groups in total. The molecule has 0 fully saturated rings. The largest absolute Gasteiger partial charge is 0.329 e. The van der Waals surface area contributed by atoms with E-state index in [4.69, 9.17) is 11.1 Å². The first-order chi connectivity index (χ1) is 5.14. The van der Waals surface area contributed by atoms with Gasteiger partial charge in [0.2, 0.25) is 0 Å². The molecule has 0 heterocycles. The molecule has 0 aromatic rings. The van der Waals surface area contributed by atoms with Crippen molar-refractivity contribution in [2.24, 2.45) is 0 Å². The fourth-order valence-corrected chi connectivity index (χ4v) is 3.49. The zero-order valence-corrected chi connectivity index (χ0v) is 9.28. The third-order valence-corrected chi connectivity index (χ3v) is 6.39. The van der Waals surface area contributed by atoms with E-state index >= 15 is 0 Å². The Bertz CT molecular complexity index is 128. The van der Waals surface area contributed by atoms with Crippen LogP contribution in [0.1, 0.15) is 13.8 Å². The Hall–Kier alpha value is 0.167. The molecule has 0 rings (SSSR count). The average molecular weight is 193 g/mol. The van der Waals surface area contributed by atoms with E-state index in [-0.39, 0.29) is 0 Å². The van der Waals surface area contributed by atoms with Crippen molar-refractivity contribution >= 4 is 18.8 Å². The SMILES string of the molecule is C=C[Si](Cl)(NC)N(CC)CC. The predicted molar refractivity (Wildman–Crippen MR) is 53.8 cm³/mol. The lowest BCUT2D eigenvalue weighted by molar-refractivity contribution is 0.471. The average Bonchev–Trinajstić information content (AvgIpc) is 2.06. The Labute approximate surface area is 75.1 Å². The minimum atomic E-state index is -2.01. The molecular weight excluding hydrogens is 176 g/mol. The van der Waals surface area contributed by atoms with E-state index in [9.17, 15) is 0 Å². The van der Waals surface area contributed by atoms with E-state index in [2.05, 4.69) is 30.0 Å². The molecule has 2 nitrogen and oxygen atoms in total. The van der Waals surface area contributed by atoms with Crippen molar-refractivity contribution < 1.29 is 0 Å². The zero-order chi connectivity index (χ0) is 8.91. The van der Waals surface area contributed by atoms with Gasteiger partial charge in [0.05, 0.1) is 0 Å². The van der Waals surface area contributed by atoms with Crippen LogP contribution >= 0.6 is 11.1 Å². The first-order valence-electron chi connectivity index (χ1n) is 3.91. The van der Waals surface area contributed by atoms with E-state index in [0.717, 1.165) is 13.1 Å². The number of nitrogens with one attached hydrogen (secondary N) is 1. The van der Waals surface area contributed by atoms with E-state index < -0.39 is 7.71 Å². The molecule has 1 unspecified atom stereocenters. The molecule has 0 spiro atoms. The summed E-state index contributed by atoms with van der Waals surface area (Å²) < 4.78 is 2.22. The monoisotopic (exact) mass is 192 g/mol. The van der Waals surface area contributed by atoms with Crippen molar-refractivity contribution in [3.8, 4) is 0 Å². The Morgan fingerprint density at radius 3 is 2.09 bits per heavy atom. The maximum Gasteiger partial charge on any atom is 0.329 e. The van der Waals surface area contributed by atoms with Crippen LogP contribution in [-0.2, 0) is 0 Å². The highest BCUT2D eigenvalue weighted by molar-refractivity contribution is 7.20. The van der Waals surface area contributed by atoms with Gasteiger partial charge in [-0.25, -0.2) is 0 Å². The molecule has 0 bridgehead atoms. The van der Waals surface area contributed by atoms with Crippen molar-refractivity contribution in [2.45, 2.75) is 13.8 Å². The van der Waals surface area contributed by atoms with Gasteiger partial charge >= 0.3 is 7.71 Å². The van der Waals surface area contributed by atoms with Gasteiger partial charge in [-0.05, 0) is 20.1 Å². The lowest BCUT2D eigenvalue weighted by atomic mass is 10.7. The highest BCUT2D eigenvalue weighted by Crippen LogP contribution is 2.11. The quantitative estimate of drug-likeness (QED) is 0.524. The topological polar surface area (TPSA) is 15.3 Å². The maximum atomic E-state index is 6.31. The van der Waals surface area contributed by atoms with Gasteiger partial charge < -0.3 is 4.98 Å². The van der Waals surface area contributed by atoms with Crippen LogP contribution in [0.3, 0.4) is 0 Å². The normalized spacial score (nSPS) is 16.5. The number of hydrogen-bond donors (Lipinski definition) is 1. The first-order valence-corrected chi connectivity index (χ1v) is 6.94. The van der Waals surface area contributed by atoms with Crippen LogP contribution < -0.4 is 4.98 Å². The molecular formula is C7H17ClN2Si. The summed E-state index contributed by atoms with van der Waals surface area (Å²) in [5.41, 5.74) is 1.85. The summed E-state index contributed by atoms with van der Waals surface area (Å²) in [6.45, 7) is 9.90. The molecule has 0 saturated carbocycles. The molecule has 66 valence electrons. The molecule has 4 heteroatoms. The smallest absolute Gasteiger partial charge is 0.313 e. The van der Waals surface area contributed by atoms with Crippen molar-refractivity contribution in [3.63, 3.8) is 0 Å². The molecule has 11 heavy (non-hydrogen) atoms. The molecule has 0 aromatic heterocycles. The van der Waals surface area contributed by atoms with Gasteiger partial charge in [0.25, 0.3) is 0 Å². The molecule has 0 radical (unpaired) electrons. The van der Waals surface area contributed by atoms with E-state index in [1.54, 1.807) is 0 Å². The van der Waals surface area contributed by atoms with Crippen LogP contribution in [-0.4, -0.2) is 32.4 Å². The minimum Gasteiger partial charge on any atom is -0.313 e. The van der Waals surface area contributed by atoms with Gasteiger partial charge in [0.15, 0.2) is 0 Å². The molecule has 1 atom stereocenters. The summed E-state index contributed by atoms with van der Waals surface area (Å²) in [4.78, 5) is 3.14. The van der Waals surface area contributed by atoms with Crippen molar-refractivity contribution in [3.05, 3.63) is 12.3 Å². The number of hydrogen-bond acceptors (Lipinski definition) is 2. The molecule has 0 amide bonds. The second kappa shape index (κ2) is 4.93.